The molecule has 0 N–H and O–H groups in total. The van der Waals surface area contributed by atoms with Gasteiger partial charge in [0.2, 0.25) is 0 Å². The van der Waals surface area contributed by atoms with Crippen LogP contribution in [0.25, 0.3) is 21.7 Å². The highest BCUT2D eigenvalue weighted by molar-refractivity contribution is 9.10. The van der Waals surface area contributed by atoms with E-state index in [0.717, 1.165) is 9.99 Å². The number of aromatic nitrogens is 1. The first-order valence-electron chi connectivity index (χ1n) is 4.78. The molecule has 72 valence electrons. The number of nitrogens with zero attached hydrogens (tertiary/aromatic N) is 1. The summed E-state index contributed by atoms with van der Waals surface area (Å²) in [6.07, 6.45) is 1.84. The number of rotatable bonds is 0. The van der Waals surface area contributed by atoms with Crippen LogP contribution >= 0.6 is 15.9 Å². The Labute approximate surface area is 95.9 Å². The standard InChI is InChI=1S/C13H8BrN/c14-12-8-9-4-3-7-15-13(9)11-6-2-1-5-10(11)12/h1-8H. The first-order chi connectivity index (χ1) is 7.36. The van der Waals surface area contributed by atoms with Gasteiger partial charge < -0.3 is 0 Å². The van der Waals surface area contributed by atoms with E-state index in [2.05, 4.69) is 45.2 Å². The third-order valence-corrected chi connectivity index (χ3v) is 3.22. The number of benzene rings is 2. The van der Waals surface area contributed by atoms with Crippen molar-refractivity contribution in [3.05, 3.63) is 53.1 Å². The van der Waals surface area contributed by atoms with E-state index in [1.54, 1.807) is 0 Å². The highest BCUT2D eigenvalue weighted by Crippen LogP contribution is 2.30. The lowest BCUT2D eigenvalue weighted by Gasteiger charge is -2.04. The van der Waals surface area contributed by atoms with Crippen LogP contribution in [0.5, 0.6) is 0 Å². The van der Waals surface area contributed by atoms with Gasteiger partial charge in [-0.2, -0.15) is 0 Å². The summed E-state index contributed by atoms with van der Waals surface area (Å²) in [7, 11) is 0. The van der Waals surface area contributed by atoms with Crippen molar-refractivity contribution in [3.63, 3.8) is 0 Å². The molecular weight excluding hydrogens is 250 g/mol. The van der Waals surface area contributed by atoms with Crippen molar-refractivity contribution in [2.45, 2.75) is 0 Å². The van der Waals surface area contributed by atoms with Crippen LogP contribution in [0.2, 0.25) is 0 Å². The maximum atomic E-state index is 4.43. The molecule has 2 aromatic carbocycles. The topological polar surface area (TPSA) is 12.9 Å². The summed E-state index contributed by atoms with van der Waals surface area (Å²) >= 11 is 3.59. The van der Waals surface area contributed by atoms with Gasteiger partial charge in [0, 0.05) is 21.4 Å². The summed E-state index contributed by atoms with van der Waals surface area (Å²) in [4.78, 5) is 4.43. The van der Waals surface area contributed by atoms with Gasteiger partial charge in [-0.05, 0) is 17.5 Å². The maximum absolute atomic E-state index is 4.43. The van der Waals surface area contributed by atoms with Gasteiger partial charge >= 0.3 is 0 Å². The molecule has 0 aliphatic carbocycles. The van der Waals surface area contributed by atoms with E-state index >= 15 is 0 Å². The fraction of sp³-hybridized carbons (Fsp3) is 0. The Bertz CT molecular complexity index is 646. The summed E-state index contributed by atoms with van der Waals surface area (Å²) in [5, 5.41) is 3.58. The average molecular weight is 258 g/mol. The second-order valence-electron chi connectivity index (χ2n) is 3.48. The van der Waals surface area contributed by atoms with E-state index in [9.17, 15) is 0 Å². The van der Waals surface area contributed by atoms with Crippen molar-refractivity contribution in [2.75, 3.05) is 0 Å². The minimum atomic E-state index is 1.07. The van der Waals surface area contributed by atoms with Crippen LogP contribution < -0.4 is 0 Å². The van der Waals surface area contributed by atoms with Crippen LogP contribution in [0, 0.1) is 0 Å². The molecule has 0 bridgehead atoms. The normalized spacial score (nSPS) is 11.0. The summed E-state index contributed by atoms with van der Waals surface area (Å²) in [6.45, 7) is 0. The quantitative estimate of drug-likeness (QED) is 0.552. The molecule has 3 rings (SSSR count). The molecule has 15 heavy (non-hydrogen) atoms. The zero-order valence-corrected chi connectivity index (χ0v) is 9.53. The van der Waals surface area contributed by atoms with E-state index in [4.69, 9.17) is 0 Å². The van der Waals surface area contributed by atoms with E-state index < -0.39 is 0 Å². The Kier molecular flexibility index (Phi) is 1.96. The van der Waals surface area contributed by atoms with Gasteiger partial charge in [-0.15, -0.1) is 0 Å². The van der Waals surface area contributed by atoms with E-state index in [1.807, 2.05) is 24.4 Å². The molecule has 0 saturated carbocycles. The van der Waals surface area contributed by atoms with Crippen LogP contribution in [0.4, 0.5) is 0 Å². The van der Waals surface area contributed by atoms with E-state index in [-0.39, 0.29) is 0 Å². The van der Waals surface area contributed by atoms with Crippen LogP contribution in [-0.4, -0.2) is 4.98 Å². The smallest absolute Gasteiger partial charge is 0.0781 e. The van der Waals surface area contributed by atoms with Gasteiger partial charge in [0.05, 0.1) is 5.52 Å². The SMILES string of the molecule is Brc1cc2cccnc2c2ccccc12. The van der Waals surface area contributed by atoms with Crippen molar-refractivity contribution in [1.29, 1.82) is 0 Å². The maximum Gasteiger partial charge on any atom is 0.0781 e. The van der Waals surface area contributed by atoms with Crippen LogP contribution in [0.3, 0.4) is 0 Å². The molecule has 0 radical (unpaired) electrons. The fourth-order valence-electron chi connectivity index (χ4n) is 1.87. The highest BCUT2D eigenvalue weighted by atomic mass is 79.9. The molecule has 1 nitrogen and oxygen atoms in total. The van der Waals surface area contributed by atoms with Gasteiger partial charge in [0.15, 0.2) is 0 Å². The minimum absolute atomic E-state index is 1.07. The average Bonchev–Trinajstić information content (AvgIpc) is 2.30. The van der Waals surface area contributed by atoms with Crippen LogP contribution in [0.15, 0.2) is 53.1 Å². The summed E-state index contributed by atoms with van der Waals surface area (Å²) in [5.74, 6) is 0. The van der Waals surface area contributed by atoms with Gasteiger partial charge in [-0.1, -0.05) is 46.3 Å². The number of hydrogen-bond acceptors (Lipinski definition) is 1. The molecule has 0 unspecified atom stereocenters. The molecule has 0 saturated heterocycles. The van der Waals surface area contributed by atoms with Crippen molar-refractivity contribution >= 4 is 37.6 Å². The van der Waals surface area contributed by atoms with Crippen molar-refractivity contribution in [3.8, 4) is 0 Å². The second-order valence-corrected chi connectivity index (χ2v) is 4.33. The second kappa shape index (κ2) is 3.31. The fourth-order valence-corrected chi connectivity index (χ4v) is 2.46. The van der Waals surface area contributed by atoms with Crippen molar-refractivity contribution in [1.82, 2.24) is 4.98 Å². The molecule has 0 aliphatic heterocycles. The summed E-state index contributed by atoms with van der Waals surface area (Å²) in [5.41, 5.74) is 1.07. The minimum Gasteiger partial charge on any atom is -0.256 e. The third kappa shape index (κ3) is 1.33. The molecule has 3 aromatic rings. The van der Waals surface area contributed by atoms with Crippen LogP contribution in [-0.2, 0) is 0 Å². The Morgan fingerprint density at radius 2 is 1.73 bits per heavy atom. The molecular formula is C13H8BrN. The van der Waals surface area contributed by atoms with Gasteiger partial charge in [0.1, 0.15) is 0 Å². The number of pyridine rings is 1. The van der Waals surface area contributed by atoms with Crippen LogP contribution in [0.1, 0.15) is 0 Å². The molecule has 1 heterocycles. The number of fused-ring (bicyclic) bond motifs is 3. The highest BCUT2D eigenvalue weighted by Gasteiger charge is 2.03. The summed E-state index contributed by atoms with van der Waals surface area (Å²) in [6, 6.07) is 14.5. The largest absolute Gasteiger partial charge is 0.256 e. The zero-order valence-electron chi connectivity index (χ0n) is 7.94. The molecule has 0 fully saturated rings. The predicted molar refractivity (Wildman–Crippen MR) is 66.9 cm³/mol. The first kappa shape index (κ1) is 8.86. The van der Waals surface area contributed by atoms with Crippen molar-refractivity contribution < 1.29 is 0 Å². The first-order valence-corrected chi connectivity index (χ1v) is 5.57. The van der Waals surface area contributed by atoms with Crippen molar-refractivity contribution in [2.24, 2.45) is 0 Å². The van der Waals surface area contributed by atoms with Gasteiger partial charge in [-0.3, -0.25) is 4.98 Å². The Morgan fingerprint density at radius 3 is 2.60 bits per heavy atom. The molecule has 2 heteroatoms. The monoisotopic (exact) mass is 257 g/mol. The zero-order chi connectivity index (χ0) is 10.3. The lowest BCUT2D eigenvalue weighted by Crippen LogP contribution is -1.81. The van der Waals surface area contributed by atoms with Gasteiger partial charge in [-0.25, -0.2) is 0 Å². The lowest BCUT2D eigenvalue weighted by atomic mass is 10.1. The molecule has 0 amide bonds. The Hall–Kier alpha value is -1.41. The Balaban J connectivity index is 2.64. The number of hydrogen-bond donors (Lipinski definition) is 0. The van der Waals surface area contributed by atoms with E-state index in [1.165, 1.54) is 16.2 Å². The lowest BCUT2D eigenvalue weighted by molar-refractivity contribution is 1.43. The molecule has 0 spiro atoms. The van der Waals surface area contributed by atoms with Gasteiger partial charge in [0.25, 0.3) is 0 Å². The molecule has 0 atom stereocenters. The summed E-state index contributed by atoms with van der Waals surface area (Å²) < 4.78 is 1.12. The number of halogens is 1. The van der Waals surface area contributed by atoms with E-state index in [0.29, 0.717) is 0 Å². The molecule has 1 aromatic heterocycles. The predicted octanol–water partition coefficient (Wildman–Crippen LogP) is 4.15. The third-order valence-electron chi connectivity index (χ3n) is 2.56. The Morgan fingerprint density at radius 1 is 0.933 bits per heavy atom. The molecule has 0 aliphatic rings.